The Morgan fingerprint density at radius 3 is 2.85 bits per heavy atom. The molecule has 0 radical (unpaired) electrons. The van der Waals surface area contributed by atoms with Crippen LogP contribution in [0.25, 0.3) is 11.3 Å². The van der Waals surface area contributed by atoms with E-state index in [2.05, 4.69) is 10.3 Å². The lowest BCUT2D eigenvalue weighted by Crippen LogP contribution is -2.15. The summed E-state index contributed by atoms with van der Waals surface area (Å²) in [7, 11) is 0. The number of ether oxygens (including phenoxy) is 2. The highest BCUT2D eigenvalue weighted by molar-refractivity contribution is 8.00. The summed E-state index contributed by atoms with van der Waals surface area (Å²) in [5.41, 5.74) is 1.63. The van der Waals surface area contributed by atoms with Crippen molar-refractivity contribution in [1.82, 2.24) is 4.98 Å². The SMILES string of the molecule is O=C(CSc1ccccc1F)Nc1nc(-c2ccc3c(c2)OCCO3)cs1. The minimum Gasteiger partial charge on any atom is -0.486 e. The molecular formula is C19H15FN2O3S2. The Morgan fingerprint density at radius 1 is 1.19 bits per heavy atom. The van der Waals surface area contributed by atoms with Gasteiger partial charge in [-0.3, -0.25) is 4.79 Å². The van der Waals surface area contributed by atoms with Crippen LogP contribution in [-0.4, -0.2) is 29.9 Å². The molecule has 8 heteroatoms. The van der Waals surface area contributed by atoms with E-state index in [1.807, 2.05) is 23.6 Å². The number of thioether (sulfide) groups is 1. The molecule has 0 saturated heterocycles. The van der Waals surface area contributed by atoms with Gasteiger partial charge < -0.3 is 14.8 Å². The highest BCUT2D eigenvalue weighted by atomic mass is 32.2. The molecule has 0 unspecified atom stereocenters. The monoisotopic (exact) mass is 402 g/mol. The van der Waals surface area contributed by atoms with Crippen molar-refractivity contribution in [3.63, 3.8) is 0 Å². The molecule has 0 atom stereocenters. The van der Waals surface area contributed by atoms with E-state index >= 15 is 0 Å². The second kappa shape index (κ2) is 7.98. The van der Waals surface area contributed by atoms with E-state index in [9.17, 15) is 9.18 Å². The van der Waals surface area contributed by atoms with Crippen LogP contribution in [0.5, 0.6) is 11.5 Å². The highest BCUT2D eigenvalue weighted by Gasteiger charge is 2.14. The molecule has 1 aliphatic rings. The molecule has 138 valence electrons. The lowest BCUT2D eigenvalue weighted by atomic mass is 10.1. The Morgan fingerprint density at radius 2 is 2.00 bits per heavy atom. The molecule has 1 aliphatic heterocycles. The number of hydrogen-bond donors (Lipinski definition) is 1. The van der Waals surface area contributed by atoms with Gasteiger partial charge in [0, 0.05) is 15.8 Å². The molecule has 4 rings (SSSR count). The number of thiazole rings is 1. The zero-order chi connectivity index (χ0) is 18.6. The maximum atomic E-state index is 13.6. The highest BCUT2D eigenvalue weighted by Crippen LogP contribution is 2.35. The fraction of sp³-hybridized carbons (Fsp3) is 0.158. The number of nitrogens with zero attached hydrogens (tertiary/aromatic N) is 1. The average molecular weight is 402 g/mol. The number of rotatable bonds is 5. The van der Waals surface area contributed by atoms with Crippen LogP contribution in [0.3, 0.4) is 0 Å². The minimum atomic E-state index is -0.328. The van der Waals surface area contributed by atoms with Crippen molar-refractivity contribution in [2.24, 2.45) is 0 Å². The van der Waals surface area contributed by atoms with E-state index < -0.39 is 0 Å². The van der Waals surface area contributed by atoms with Gasteiger partial charge in [0.15, 0.2) is 16.6 Å². The molecule has 5 nitrogen and oxygen atoms in total. The van der Waals surface area contributed by atoms with Crippen molar-refractivity contribution < 1.29 is 18.7 Å². The number of carbonyl (C=O) groups excluding carboxylic acids is 1. The van der Waals surface area contributed by atoms with Crippen LogP contribution in [0.15, 0.2) is 52.7 Å². The summed E-state index contributed by atoms with van der Waals surface area (Å²) in [5, 5.41) is 5.12. The number of hydrogen-bond acceptors (Lipinski definition) is 6. The molecule has 0 spiro atoms. The van der Waals surface area contributed by atoms with Gasteiger partial charge in [0.1, 0.15) is 19.0 Å². The average Bonchev–Trinajstić information content (AvgIpc) is 3.15. The van der Waals surface area contributed by atoms with Gasteiger partial charge in [-0.05, 0) is 30.3 Å². The lowest BCUT2D eigenvalue weighted by molar-refractivity contribution is -0.113. The first-order chi connectivity index (χ1) is 13.2. The molecule has 2 aromatic carbocycles. The van der Waals surface area contributed by atoms with Gasteiger partial charge >= 0.3 is 0 Å². The third-order valence-electron chi connectivity index (χ3n) is 3.78. The Balaban J connectivity index is 1.39. The molecule has 1 N–H and O–H groups in total. The number of amides is 1. The first kappa shape index (κ1) is 17.8. The Kier molecular flexibility index (Phi) is 5.26. The van der Waals surface area contributed by atoms with Gasteiger partial charge in [0.2, 0.25) is 5.91 Å². The molecule has 1 amide bonds. The minimum absolute atomic E-state index is 0.111. The van der Waals surface area contributed by atoms with Crippen LogP contribution in [-0.2, 0) is 4.79 Å². The molecule has 0 aliphatic carbocycles. The second-order valence-corrected chi connectivity index (χ2v) is 7.54. The normalized spacial score (nSPS) is 12.6. The predicted molar refractivity (Wildman–Crippen MR) is 104 cm³/mol. The maximum Gasteiger partial charge on any atom is 0.236 e. The standard InChI is InChI=1S/C19H15FN2O3S2/c20-13-3-1-2-4-17(13)26-11-18(23)22-19-21-14(10-27-19)12-5-6-15-16(9-12)25-8-7-24-15/h1-6,9-10H,7-8,11H2,(H,21,22,23). The summed E-state index contributed by atoms with van der Waals surface area (Å²) < 4.78 is 24.7. The molecule has 27 heavy (non-hydrogen) atoms. The first-order valence-electron chi connectivity index (χ1n) is 8.22. The zero-order valence-electron chi connectivity index (χ0n) is 14.1. The Hall–Kier alpha value is -2.58. The van der Waals surface area contributed by atoms with Gasteiger partial charge in [-0.1, -0.05) is 12.1 Å². The van der Waals surface area contributed by atoms with Gasteiger partial charge in [-0.2, -0.15) is 0 Å². The van der Waals surface area contributed by atoms with Gasteiger partial charge in [0.25, 0.3) is 0 Å². The topological polar surface area (TPSA) is 60.5 Å². The van der Waals surface area contributed by atoms with E-state index in [1.165, 1.54) is 17.4 Å². The number of anilines is 1. The van der Waals surface area contributed by atoms with Crippen molar-refractivity contribution >= 4 is 34.1 Å². The van der Waals surface area contributed by atoms with Crippen LogP contribution in [0.4, 0.5) is 9.52 Å². The van der Waals surface area contributed by atoms with E-state index in [1.54, 1.807) is 18.2 Å². The predicted octanol–water partition coefficient (Wildman–Crippen LogP) is 4.45. The second-order valence-electron chi connectivity index (χ2n) is 5.66. The summed E-state index contributed by atoms with van der Waals surface area (Å²) in [6.07, 6.45) is 0. The summed E-state index contributed by atoms with van der Waals surface area (Å²) in [6.45, 7) is 1.07. The summed E-state index contributed by atoms with van der Waals surface area (Å²) in [5.74, 6) is 0.967. The fourth-order valence-electron chi connectivity index (χ4n) is 2.53. The van der Waals surface area contributed by atoms with Crippen LogP contribution in [0.1, 0.15) is 0 Å². The van der Waals surface area contributed by atoms with Crippen LogP contribution in [0.2, 0.25) is 0 Å². The third kappa shape index (κ3) is 4.23. The zero-order valence-corrected chi connectivity index (χ0v) is 15.7. The van der Waals surface area contributed by atoms with Gasteiger partial charge in [-0.15, -0.1) is 23.1 Å². The van der Waals surface area contributed by atoms with Crippen molar-refractivity contribution in [2.75, 3.05) is 24.3 Å². The van der Waals surface area contributed by atoms with Gasteiger partial charge in [0.05, 0.1) is 11.4 Å². The van der Waals surface area contributed by atoms with Crippen molar-refractivity contribution in [3.05, 3.63) is 53.7 Å². The van der Waals surface area contributed by atoms with Crippen LogP contribution < -0.4 is 14.8 Å². The molecule has 2 heterocycles. The summed E-state index contributed by atoms with van der Waals surface area (Å²) in [4.78, 5) is 17.0. The molecule has 1 aromatic heterocycles. The van der Waals surface area contributed by atoms with Crippen LogP contribution in [0, 0.1) is 5.82 Å². The number of aromatic nitrogens is 1. The fourth-order valence-corrected chi connectivity index (χ4v) is 4.00. The smallest absolute Gasteiger partial charge is 0.236 e. The lowest BCUT2D eigenvalue weighted by Gasteiger charge is -2.18. The van der Waals surface area contributed by atoms with Crippen molar-refractivity contribution in [2.45, 2.75) is 4.90 Å². The summed E-state index contributed by atoms with van der Waals surface area (Å²) >= 11 is 2.49. The van der Waals surface area contributed by atoms with E-state index in [-0.39, 0.29) is 17.5 Å². The number of fused-ring (bicyclic) bond motifs is 1. The van der Waals surface area contributed by atoms with Gasteiger partial charge in [-0.25, -0.2) is 9.37 Å². The molecule has 0 fully saturated rings. The van der Waals surface area contributed by atoms with E-state index in [0.717, 1.165) is 28.8 Å². The number of nitrogens with one attached hydrogen (secondary N) is 1. The number of halogens is 1. The molecule has 0 bridgehead atoms. The summed E-state index contributed by atoms with van der Waals surface area (Å²) in [6, 6.07) is 12.0. The largest absolute Gasteiger partial charge is 0.486 e. The number of carbonyl (C=O) groups is 1. The van der Waals surface area contributed by atoms with Crippen molar-refractivity contribution in [1.29, 1.82) is 0 Å². The maximum absolute atomic E-state index is 13.6. The Bertz CT molecular complexity index is 977. The Labute approximate surface area is 163 Å². The molecule has 0 saturated carbocycles. The van der Waals surface area contributed by atoms with E-state index in [0.29, 0.717) is 29.0 Å². The first-order valence-corrected chi connectivity index (χ1v) is 10.1. The van der Waals surface area contributed by atoms with Crippen LogP contribution >= 0.6 is 23.1 Å². The van der Waals surface area contributed by atoms with E-state index in [4.69, 9.17) is 9.47 Å². The third-order valence-corrected chi connectivity index (χ3v) is 5.59. The molecule has 3 aromatic rings. The number of benzene rings is 2. The molecular weight excluding hydrogens is 387 g/mol. The quantitative estimate of drug-likeness (QED) is 0.639. The van der Waals surface area contributed by atoms with Crippen molar-refractivity contribution in [3.8, 4) is 22.8 Å².